The van der Waals surface area contributed by atoms with Crippen LogP contribution in [0.3, 0.4) is 0 Å². The SMILES string of the molecule is [O]=[GaH].[O]=[Ti]. The van der Waals surface area contributed by atoms with E-state index in [1.807, 2.05) is 0 Å². The average Bonchev–Trinajstić information content (AvgIpc) is 1.50. The van der Waals surface area contributed by atoms with Crippen LogP contribution >= 0.6 is 0 Å². The summed E-state index contributed by atoms with van der Waals surface area (Å²) in [7, 11) is 0. The average molecular weight is 151 g/mol. The van der Waals surface area contributed by atoms with E-state index in [4.69, 9.17) is 6.86 Å². The summed E-state index contributed by atoms with van der Waals surface area (Å²) in [6.45, 7) is 0. The summed E-state index contributed by atoms with van der Waals surface area (Å²) in [6.07, 6.45) is 0. The van der Waals surface area contributed by atoms with Gasteiger partial charge in [0.05, 0.1) is 0 Å². The van der Waals surface area contributed by atoms with Crippen molar-refractivity contribution in [2.75, 3.05) is 0 Å². The Morgan fingerprint density at radius 1 is 1.25 bits per heavy atom. The Morgan fingerprint density at radius 3 is 1.25 bits per heavy atom. The quantitative estimate of drug-likeness (QED) is 0.420. The van der Waals surface area contributed by atoms with Gasteiger partial charge in [-0.15, -0.1) is 0 Å². The van der Waals surface area contributed by atoms with Crippen LogP contribution in [-0.2, 0) is 27.3 Å². The predicted octanol–water partition coefficient (Wildman–Crippen LogP) is -0.889. The van der Waals surface area contributed by atoms with Crippen LogP contribution in [0.2, 0.25) is 0 Å². The van der Waals surface area contributed by atoms with Crippen molar-refractivity contribution in [3.05, 3.63) is 0 Å². The summed E-state index contributed by atoms with van der Waals surface area (Å²) in [5, 5.41) is 0. The van der Waals surface area contributed by atoms with E-state index in [1.165, 1.54) is 0 Å². The fourth-order valence-corrected chi connectivity index (χ4v) is 0. The maximum absolute atomic E-state index is 8.38. The van der Waals surface area contributed by atoms with Crippen molar-refractivity contribution >= 4 is 18.6 Å². The molecule has 0 aliphatic rings. The van der Waals surface area contributed by atoms with Crippen molar-refractivity contribution < 1.29 is 27.3 Å². The first-order chi connectivity index (χ1) is 2.00. The summed E-state index contributed by atoms with van der Waals surface area (Å²) in [5.41, 5.74) is 0. The van der Waals surface area contributed by atoms with Gasteiger partial charge in [-0.05, 0) is 0 Å². The molecule has 2 nitrogen and oxygen atoms in total. The minimum absolute atomic E-state index is 0.125. The van der Waals surface area contributed by atoms with Crippen LogP contribution in [0.1, 0.15) is 0 Å². The Bertz CT molecular complexity index is 8.00. The summed E-state index contributed by atoms with van der Waals surface area (Å²) in [4.78, 5) is 0. The molecule has 0 rings (SSSR count). The van der Waals surface area contributed by atoms with Gasteiger partial charge in [0.25, 0.3) is 0 Å². The monoisotopic (exact) mass is 150 g/mol. The van der Waals surface area contributed by atoms with E-state index in [-0.39, 0.29) is 18.6 Å². The first-order valence-electron chi connectivity index (χ1n) is 0.493. The molecule has 0 fully saturated rings. The van der Waals surface area contributed by atoms with Crippen LogP contribution in [0, 0.1) is 0 Å². The molecule has 20 valence electrons. The first-order valence-corrected chi connectivity index (χ1v) is 2.34. The predicted molar refractivity (Wildman–Crippen MR) is 8.52 cm³/mol. The normalized spacial score (nSPS) is 1.50. The van der Waals surface area contributed by atoms with Crippen molar-refractivity contribution in [2.45, 2.75) is 0 Å². The van der Waals surface area contributed by atoms with Crippen molar-refractivity contribution in [2.24, 2.45) is 0 Å². The summed E-state index contributed by atoms with van der Waals surface area (Å²) in [6, 6.07) is 0. The van der Waals surface area contributed by atoms with E-state index in [0.29, 0.717) is 0 Å². The summed E-state index contributed by atoms with van der Waals surface area (Å²) in [5.74, 6) is 0. The van der Waals surface area contributed by atoms with Gasteiger partial charge in [0.2, 0.25) is 0 Å². The molecule has 0 aliphatic heterocycles. The number of hydrogen-bond donors (Lipinski definition) is 0. The zero-order valence-electron chi connectivity index (χ0n) is 2.02. The van der Waals surface area contributed by atoms with Crippen molar-refractivity contribution in [1.29, 1.82) is 0 Å². The Labute approximate surface area is 45.9 Å². The van der Waals surface area contributed by atoms with Crippen molar-refractivity contribution in [1.82, 2.24) is 0 Å². The molecule has 0 aliphatic carbocycles. The van der Waals surface area contributed by atoms with Gasteiger partial charge in [0.1, 0.15) is 0 Å². The van der Waals surface area contributed by atoms with Crippen molar-refractivity contribution in [3.63, 3.8) is 0 Å². The van der Waals surface area contributed by atoms with E-state index in [0.717, 1.165) is 20.4 Å². The third kappa shape index (κ3) is 12.4. The van der Waals surface area contributed by atoms with Gasteiger partial charge < -0.3 is 0 Å². The molecule has 0 saturated heterocycles. The molecule has 0 saturated carbocycles. The molecule has 0 aromatic heterocycles. The Balaban J connectivity index is 0. The molecule has 0 amide bonds. The molecular formula is HGaO2Ti. The van der Waals surface area contributed by atoms with Crippen LogP contribution in [0.4, 0.5) is 0 Å². The second-order valence-electron chi connectivity index (χ2n) is 0. The molecular weight excluding hydrogens is 150 g/mol. The fraction of sp³-hybridized carbons (Fsp3) is 0. The molecule has 4 heavy (non-hydrogen) atoms. The van der Waals surface area contributed by atoms with Gasteiger partial charge in [-0.1, -0.05) is 0 Å². The van der Waals surface area contributed by atoms with Crippen LogP contribution < -0.4 is 0 Å². The first kappa shape index (κ1) is 8.87. The Kier molecular flexibility index (Phi) is 84.4. The summed E-state index contributed by atoms with van der Waals surface area (Å²) < 4.78 is 16.6. The number of hydrogen-bond acceptors (Lipinski definition) is 2. The Hall–Kier alpha value is 0.951. The maximum atomic E-state index is 8.38. The molecule has 4 heteroatoms. The molecule has 0 aromatic rings. The van der Waals surface area contributed by atoms with E-state index in [9.17, 15) is 0 Å². The van der Waals surface area contributed by atoms with Gasteiger partial charge >= 0.3 is 45.8 Å². The zero-order valence-corrected chi connectivity index (χ0v) is 6.55. The molecule has 0 bridgehead atoms. The second kappa shape index (κ2) is 38.1. The zero-order chi connectivity index (χ0) is 4.00. The van der Waals surface area contributed by atoms with Gasteiger partial charge in [-0.2, -0.15) is 0 Å². The van der Waals surface area contributed by atoms with Gasteiger partial charge in [-0.25, -0.2) is 0 Å². The standard InChI is InChI=1S/Ga.2O.Ti.H. The third-order valence-corrected chi connectivity index (χ3v) is 0. The van der Waals surface area contributed by atoms with Crippen molar-refractivity contribution in [3.8, 4) is 0 Å². The molecule has 0 unspecified atom stereocenters. The third-order valence-electron chi connectivity index (χ3n) is 0. The van der Waals surface area contributed by atoms with Crippen LogP contribution in [0.15, 0.2) is 0 Å². The molecule has 0 atom stereocenters. The molecule has 0 spiro atoms. The Morgan fingerprint density at radius 2 is 1.25 bits per heavy atom. The van der Waals surface area contributed by atoms with E-state index in [1.54, 1.807) is 0 Å². The topological polar surface area (TPSA) is 34.1 Å². The minimum atomic E-state index is 0.125. The fourth-order valence-electron chi connectivity index (χ4n) is 0. The molecule has 0 aromatic carbocycles. The van der Waals surface area contributed by atoms with Crippen LogP contribution in [0.25, 0.3) is 0 Å². The van der Waals surface area contributed by atoms with E-state index >= 15 is 0 Å². The van der Waals surface area contributed by atoms with Gasteiger partial charge in [-0.3, -0.25) is 0 Å². The number of rotatable bonds is 0. The molecule has 0 N–H and O–H groups in total. The summed E-state index contributed by atoms with van der Waals surface area (Å²) >= 11 is 0.875. The van der Waals surface area contributed by atoms with E-state index in [2.05, 4.69) is 0 Å². The second-order valence-corrected chi connectivity index (χ2v) is 0. The van der Waals surface area contributed by atoms with Crippen LogP contribution in [-0.4, -0.2) is 18.6 Å². The van der Waals surface area contributed by atoms with E-state index < -0.39 is 0 Å². The van der Waals surface area contributed by atoms with Gasteiger partial charge in [0.15, 0.2) is 0 Å². The molecule has 0 radical (unpaired) electrons. The van der Waals surface area contributed by atoms with Gasteiger partial charge in [0, 0.05) is 0 Å². The molecule has 0 heterocycles. The van der Waals surface area contributed by atoms with Crippen LogP contribution in [0.5, 0.6) is 0 Å².